The summed E-state index contributed by atoms with van der Waals surface area (Å²) < 4.78 is 5.21. The molecule has 9 heteroatoms. The van der Waals surface area contributed by atoms with Crippen LogP contribution in [-0.4, -0.2) is 29.2 Å². The topological polar surface area (TPSA) is 91.7 Å². The molecule has 1 atom stereocenters. The van der Waals surface area contributed by atoms with E-state index in [0.717, 1.165) is 0 Å². The normalized spacial score (nSPS) is 16.6. The summed E-state index contributed by atoms with van der Waals surface area (Å²) in [5.74, 6) is -1.08. The fraction of sp³-hybridized carbons (Fsp3) is 0.235. The lowest BCUT2D eigenvalue weighted by Gasteiger charge is -2.15. The highest BCUT2D eigenvalue weighted by Gasteiger charge is 2.34. The van der Waals surface area contributed by atoms with Gasteiger partial charge in [-0.2, -0.15) is 0 Å². The van der Waals surface area contributed by atoms with Crippen LogP contribution in [0.2, 0.25) is 10.0 Å². The molecule has 136 valence electrons. The third-order valence-electron chi connectivity index (χ3n) is 3.99. The van der Waals surface area contributed by atoms with E-state index in [4.69, 9.17) is 27.6 Å². The monoisotopic (exact) mass is 395 g/mol. The summed E-state index contributed by atoms with van der Waals surface area (Å²) in [4.78, 5) is 37.9. The Bertz CT molecular complexity index is 839. The van der Waals surface area contributed by atoms with Crippen molar-refractivity contribution in [3.05, 3.63) is 58.0 Å². The Labute approximate surface area is 159 Å². The van der Waals surface area contributed by atoms with Crippen LogP contribution in [0.4, 0.5) is 0 Å². The number of carbonyl (C=O) groups excluding carboxylic acids is 3. The second-order valence-corrected chi connectivity index (χ2v) is 6.67. The van der Waals surface area contributed by atoms with E-state index in [-0.39, 0.29) is 29.5 Å². The zero-order valence-electron chi connectivity index (χ0n) is 13.5. The SMILES string of the molecule is O=C(NNC(=O)C1CC(=O)N(Cc2ccco2)C1)c1ccc(Cl)cc1Cl. The number of benzene rings is 1. The number of carbonyl (C=O) groups is 3. The number of amides is 3. The van der Waals surface area contributed by atoms with Gasteiger partial charge in [0.2, 0.25) is 11.8 Å². The molecule has 2 N–H and O–H groups in total. The average molecular weight is 396 g/mol. The van der Waals surface area contributed by atoms with Gasteiger partial charge in [-0.05, 0) is 30.3 Å². The van der Waals surface area contributed by atoms with Crippen LogP contribution in [0.15, 0.2) is 41.0 Å². The Hall–Kier alpha value is -2.51. The Morgan fingerprint density at radius 2 is 2.04 bits per heavy atom. The number of hydrogen-bond acceptors (Lipinski definition) is 4. The van der Waals surface area contributed by atoms with E-state index >= 15 is 0 Å². The minimum atomic E-state index is -0.572. The molecule has 2 aromatic rings. The molecule has 0 saturated carbocycles. The lowest BCUT2D eigenvalue weighted by atomic mass is 10.1. The van der Waals surface area contributed by atoms with Gasteiger partial charge >= 0.3 is 0 Å². The fourth-order valence-corrected chi connectivity index (χ4v) is 3.15. The second-order valence-electron chi connectivity index (χ2n) is 5.82. The summed E-state index contributed by atoms with van der Waals surface area (Å²) >= 11 is 11.7. The van der Waals surface area contributed by atoms with Crippen molar-refractivity contribution in [2.75, 3.05) is 6.54 Å². The lowest BCUT2D eigenvalue weighted by Crippen LogP contribution is -2.45. The van der Waals surface area contributed by atoms with E-state index in [2.05, 4.69) is 10.9 Å². The van der Waals surface area contributed by atoms with E-state index in [1.165, 1.54) is 24.5 Å². The van der Waals surface area contributed by atoms with Crippen LogP contribution in [0.5, 0.6) is 0 Å². The van der Waals surface area contributed by atoms with E-state index in [9.17, 15) is 14.4 Å². The van der Waals surface area contributed by atoms with Gasteiger partial charge in [-0.3, -0.25) is 25.2 Å². The minimum Gasteiger partial charge on any atom is -0.467 e. The van der Waals surface area contributed by atoms with Crippen LogP contribution in [0, 0.1) is 5.92 Å². The maximum Gasteiger partial charge on any atom is 0.271 e. The Kier molecular flexibility index (Phi) is 5.49. The zero-order valence-corrected chi connectivity index (χ0v) is 15.0. The molecular weight excluding hydrogens is 381 g/mol. The first-order chi connectivity index (χ1) is 12.4. The third-order valence-corrected chi connectivity index (χ3v) is 4.53. The predicted molar refractivity (Wildman–Crippen MR) is 94.3 cm³/mol. The van der Waals surface area contributed by atoms with Crippen LogP contribution < -0.4 is 10.9 Å². The maximum atomic E-state index is 12.2. The van der Waals surface area contributed by atoms with Crippen LogP contribution in [0.3, 0.4) is 0 Å². The van der Waals surface area contributed by atoms with Crippen molar-refractivity contribution in [1.29, 1.82) is 0 Å². The molecule has 1 aromatic carbocycles. The molecule has 3 amide bonds. The summed E-state index contributed by atoms with van der Waals surface area (Å²) in [5.41, 5.74) is 4.81. The van der Waals surface area contributed by atoms with Crippen LogP contribution >= 0.6 is 23.2 Å². The number of nitrogens with zero attached hydrogens (tertiary/aromatic N) is 1. The molecule has 26 heavy (non-hydrogen) atoms. The van der Waals surface area contributed by atoms with Gasteiger partial charge in [-0.25, -0.2) is 0 Å². The number of rotatable bonds is 4. The largest absolute Gasteiger partial charge is 0.467 e. The van der Waals surface area contributed by atoms with Gasteiger partial charge < -0.3 is 9.32 Å². The summed E-state index contributed by atoms with van der Waals surface area (Å²) in [6, 6.07) is 7.90. The van der Waals surface area contributed by atoms with E-state index in [1.54, 1.807) is 17.0 Å². The number of likely N-dealkylation sites (tertiary alicyclic amines) is 1. The Morgan fingerprint density at radius 1 is 1.23 bits per heavy atom. The van der Waals surface area contributed by atoms with Gasteiger partial charge in [0, 0.05) is 18.0 Å². The van der Waals surface area contributed by atoms with Crippen molar-refractivity contribution >= 4 is 40.9 Å². The average Bonchev–Trinajstić information content (AvgIpc) is 3.23. The first-order valence-corrected chi connectivity index (χ1v) is 8.55. The third kappa shape index (κ3) is 4.17. The standard InChI is InChI=1S/C17H15Cl2N3O4/c18-11-3-4-13(14(19)7-11)17(25)21-20-16(24)10-6-15(23)22(8-10)9-12-2-1-5-26-12/h1-5,7,10H,6,8-9H2,(H,20,24)(H,21,25). The van der Waals surface area contributed by atoms with Gasteiger partial charge in [0.25, 0.3) is 5.91 Å². The minimum absolute atomic E-state index is 0.0735. The van der Waals surface area contributed by atoms with Crippen LogP contribution in [0.1, 0.15) is 22.5 Å². The maximum absolute atomic E-state index is 12.2. The number of nitrogens with one attached hydrogen (secondary N) is 2. The predicted octanol–water partition coefficient (Wildman–Crippen LogP) is 2.40. The van der Waals surface area contributed by atoms with Crippen LogP contribution in [0.25, 0.3) is 0 Å². The Morgan fingerprint density at radius 3 is 2.73 bits per heavy atom. The Balaban J connectivity index is 1.53. The smallest absolute Gasteiger partial charge is 0.271 e. The van der Waals surface area contributed by atoms with Crippen molar-refractivity contribution < 1.29 is 18.8 Å². The summed E-state index contributed by atoms with van der Waals surface area (Å²) in [6.45, 7) is 0.561. The van der Waals surface area contributed by atoms with Crippen LogP contribution in [-0.2, 0) is 16.1 Å². The molecular formula is C17H15Cl2N3O4. The molecule has 2 heterocycles. The summed E-state index contributed by atoms with van der Waals surface area (Å²) in [5, 5.41) is 0.571. The highest BCUT2D eigenvalue weighted by Crippen LogP contribution is 2.22. The molecule has 0 bridgehead atoms. The van der Waals surface area contributed by atoms with E-state index in [0.29, 0.717) is 17.3 Å². The molecule has 1 aromatic heterocycles. The molecule has 0 spiro atoms. The van der Waals surface area contributed by atoms with Gasteiger partial charge in [-0.1, -0.05) is 23.2 Å². The van der Waals surface area contributed by atoms with Crippen molar-refractivity contribution in [3.63, 3.8) is 0 Å². The van der Waals surface area contributed by atoms with Gasteiger partial charge in [0.1, 0.15) is 5.76 Å². The van der Waals surface area contributed by atoms with E-state index < -0.39 is 17.7 Å². The molecule has 1 aliphatic heterocycles. The quantitative estimate of drug-likeness (QED) is 0.777. The molecule has 1 unspecified atom stereocenters. The second kappa shape index (κ2) is 7.80. The summed E-state index contributed by atoms with van der Waals surface area (Å²) in [6.07, 6.45) is 1.60. The highest BCUT2D eigenvalue weighted by molar-refractivity contribution is 6.36. The van der Waals surface area contributed by atoms with Crippen molar-refractivity contribution in [3.8, 4) is 0 Å². The van der Waals surface area contributed by atoms with Gasteiger partial charge in [0.15, 0.2) is 0 Å². The molecule has 1 saturated heterocycles. The summed E-state index contributed by atoms with van der Waals surface area (Å²) in [7, 11) is 0. The number of hydrogen-bond donors (Lipinski definition) is 2. The number of halogens is 2. The fourth-order valence-electron chi connectivity index (χ4n) is 2.65. The van der Waals surface area contributed by atoms with Crippen molar-refractivity contribution in [2.45, 2.75) is 13.0 Å². The van der Waals surface area contributed by atoms with E-state index in [1.807, 2.05) is 0 Å². The molecule has 3 rings (SSSR count). The van der Waals surface area contributed by atoms with Gasteiger partial charge in [-0.15, -0.1) is 0 Å². The molecule has 1 aliphatic rings. The zero-order chi connectivity index (χ0) is 18.7. The molecule has 1 fully saturated rings. The number of furan rings is 1. The van der Waals surface area contributed by atoms with Gasteiger partial charge in [0.05, 0.1) is 29.3 Å². The lowest BCUT2D eigenvalue weighted by molar-refractivity contribution is -0.129. The van der Waals surface area contributed by atoms with Crippen molar-refractivity contribution in [2.24, 2.45) is 5.92 Å². The first-order valence-electron chi connectivity index (χ1n) is 7.79. The molecule has 7 nitrogen and oxygen atoms in total. The first kappa shape index (κ1) is 18.3. The van der Waals surface area contributed by atoms with Crippen molar-refractivity contribution in [1.82, 2.24) is 15.8 Å². The molecule has 0 aliphatic carbocycles. The molecule has 0 radical (unpaired) electrons. The highest BCUT2D eigenvalue weighted by atomic mass is 35.5. The number of hydrazine groups is 1.